The van der Waals surface area contributed by atoms with Gasteiger partial charge in [-0.3, -0.25) is 4.79 Å². The number of hydrogen-bond acceptors (Lipinski definition) is 2. The molecule has 0 aromatic heterocycles. The fourth-order valence-corrected chi connectivity index (χ4v) is 3.13. The molecule has 0 atom stereocenters. The molecule has 3 nitrogen and oxygen atoms in total. The summed E-state index contributed by atoms with van der Waals surface area (Å²) in [6.07, 6.45) is 4.13. The van der Waals surface area contributed by atoms with Gasteiger partial charge in [-0.25, -0.2) is 0 Å². The van der Waals surface area contributed by atoms with Gasteiger partial charge >= 0.3 is 5.97 Å². The molecule has 2 N–H and O–H groups in total. The van der Waals surface area contributed by atoms with Crippen LogP contribution < -0.4 is 0 Å². The predicted molar refractivity (Wildman–Crippen MR) is 63.2 cm³/mol. The monoisotopic (exact) mass is 228 g/mol. The Morgan fingerprint density at radius 2 is 1.75 bits per heavy atom. The van der Waals surface area contributed by atoms with Gasteiger partial charge in [-0.05, 0) is 44.4 Å². The van der Waals surface area contributed by atoms with Crippen LogP contribution in [0, 0.1) is 11.3 Å². The first-order chi connectivity index (χ1) is 7.42. The van der Waals surface area contributed by atoms with Crippen LogP contribution in [0.3, 0.4) is 0 Å². The van der Waals surface area contributed by atoms with E-state index in [9.17, 15) is 15.0 Å². The summed E-state index contributed by atoms with van der Waals surface area (Å²) in [4.78, 5) is 11.5. The molecule has 1 aliphatic carbocycles. The van der Waals surface area contributed by atoms with Crippen molar-refractivity contribution in [2.45, 2.75) is 64.9 Å². The van der Waals surface area contributed by atoms with Crippen molar-refractivity contribution >= 4 is 5.97 Å². The van der Waals surface area contributed by atoms with Crippen LogP contribution in [-0.2, 0) is 4.79 Å². The summed E-state index contributed by atoms with van der Waals surface area (Å²) < 4.78 is 0. The van der Waals surface area contributed by atoms with Gasteiger partial charge in [-0.15, -0.1) is 0 Å². The Labute approximate surface area is 97.9 Å². The minimum Gasteiger partial charge on any atom is -0.481 e. The van der Waals surface area contributed by atoms with Crippen LogP contribution in [0.2, 0.25) is 0 Å². The van der Waals surface area contributed by atoms with E-state index in [0.29, 0.717) is 31.6 Å². The molecule has 0 aliphatic heterocycles. The summed E-state index contributed by atoms with van der Waals surface area (Å²) in [5, 5.41) is 20.1. The molecule has 0 saturated heterocycles. The smallest absolute Gasteiger partial charge is 0.312 e. The van der Waals surface area contributed by atoms with Gasteiger partial charge in [0, 0.05) is 0 Å². The van der Waals surface area contributed by atoms with E-state index in [4.69, 9.17) is 0 Å². The maximum Gasteiger partial charge on any atom is 0.312 e. The molecule has 16 heavy (non-hydrogen) atoms. The molecule has 0 radical (unpaired) electrons. The minimum atomic E-state index is -1.01. The summed E-state index contributed by atoms with van der Waals surface area (Å²) in [6, 6.07) is 0. The maximum atomic E-state index is 11.5. The predicted octanol–water partition coefficient (Wildman–Crippen LogP) is 2.82. The third-order valence-corrected chi connectivity index (χ3v) is 4.61. The summed E-state index contributed by atoms with van der Waals surface area (Å²) in [6.45, 7) is 5.90. The molecule has 0 aromatic carbocycles. The van der Waals surface area contributed by atoms with Crippen LogP contribution in [0.25, 0.3) is 0 Å². The van der Waals surface area contributed by atoms with Crippen LogP contribution in [0.5, 0.6) is 0 Å². The molecule has 94 valence electrons. The van der Waals surface area contributed by atoms with Crippen LogP contribution in [0.15, 0.2) is 0 Å². The molecule has 1 rings (SSSR count). The molecular weight excluding hydrogens is 204 g/mol. The molecular formula is C13H24O3. The normalized spacial score (nSPS) is 31.4. The third kappa shape index (κ3) is 1.97. The minimum absolute atomic E-state index is 0.504. The summed E-state index contributed by atoms with van der Waals surface area (Å²) in [5.41, 5.74) is -1.96. The number of rotatable bonds is 4. The molecule has 0 heterocycles. The standard InChI is InChI=1S/C13H24O3/c1-4-12(5-2,11(14)15)13(16)8-6-10(3)7-9-13/h10,16H,4-9H2,1-3H3,(H,14,15). The highest BCUT2D eigenvalue weighted by atomic mass is 16.4. The largest absolute Gasteiger partial charge is 0.481 e. The Bertz CT molecular complexity index is 248. The van der Waals surface area contributed by atoms with Crippen molar-refractivity contribution in [1.29, 1.82) is 0 Å². The lowest BCUT2D eigenvalue weighted by Crippen LogP contribution is -2.54. The number of aliphatic carboxylic acids is 1. The van der Waals surface area contributed by atoms with Gasteiger partial charge in [0.25, 0.3) is 0 Å². The van der Waals surface area contributed by atoms with Crippen molar-refractivity contribution in [2.75, 3.05) is 0 Å². The number of aliphatic hydroxyl groups is 1. The third-order valence-electron chi connectivity index (χ3n) is 4.61. The van der Waals surface area contributed by atoms with Crippen LogP contribution >= 0.6 is 0 Å². The summed E-state index contributed by atoms with van der Waals surface area (Å²) >= 11 is 0. The fraction of sp³-hybridized carbons (Fsp3) is 0.923. The number of hydrogen-bond donors (Lipinski definition) is 2. The lowest BCUT2D eigenvalue weighted by Gasteiger charge is -2.47. The van der Waals surface area contributed by atoms with Crippen LogP contribution in [-0.4, -0.2) is 21.8 Å². The van der Waals surface area contributed by atoms with Crippen molar-refractivity contribution in [3.63, 3.8) is 0 Å². The average Bonchev–Trinajstić information content (AvgIpc) is 2.25. The Kier molecular flexibility index (Phi) is 4.00. The van der Waals surface area contributed by atoms with Crippen molar-refractivity contribution in [3.8, 4) is 0 Å². The van der Waals surface area contributed by atoms with E-state index in [1.165, 1.54) is 0 Å². The van der Waals surface area contributed by atoms with E-state index in [2.05, 4.69) is 6.92 Å². The number of carboxylic acid groups (broad SMARTS) is 1. The van der Waals surface area contributed by atoms with E-state index >= 15 is 0 Å². The number of carbonyl (C=O) groups is 1. The van der Waals surface area contributed by atoms with Gasteiger partial charge < -0.3 is 10.2 Å². The first kappa shape index (κ1) is 13.5. The van der Waals surface area contributed by atoms with Crippen molar-refractivity contribution in [2.24, 2.45) is 11.3 Å². The second kappa shape index (κ2) is 4.74. The SMILES string of the molecule is CCC(CC)(C(=O)O)C1(O)CCC(C)CC1. The Morgan fingerprint density at radius 3 is 2.06 bits per heavy atom. The summed E-state index contributed by atoms with van der Waals surface area (Å²) in [5.74, 6) is -0.227. The first-order valence-corrected chi connectivity index (χ1v) is 6.37. The van der Waals surface area contributed by atoms with E-state index < -0.39 is 17.0 Å². The van der Waals surface area contributed by atoms with Gasteiger partial charge in [0.2, 0.25) is 0 Å². The highest BCUT2D eigenvalue weighted by Gasteiger charge is 2.54. The molecule has 0 aromatic rings. The fourth-order valence-electron chi connectivity index (χ4n) is 3.13. The second-order valence-corrected chi connectivity index (χ2v) is 5.31. The second-order valence-electron chi connectivity index (χ2n) is 5.31. The summed E-state index contributed by atoms with van der Waals surface area (Å²) in [7, 11) is 0. The molecule has 3 heteroatoms. The van der Waals surface area contributed by atoms with Crippen molar-refractivity contribution in [3.05, 3.63) is 0 Å². The van der Waals surface area contributed by atoms with Gasteiger partial charge in [-0.2, -0.15) is 0 Å². The number of carboxylic acids is 1. The van der Waals surface area contributed by atoms with Crippen molar-refractivity contribution < 1.29 is 15.0 Å². The molecule has 0 spiro atoms. The molecule has 0 unspecified atom stereocenters. The van der Waals surface area contributed by atoms with Crippen LogP contribution in [0.4, 0.5) is 0 Å². The molecule has 1 aliphatic rings. The molecule has 1 fully saturated rings. The van der Waals surface area contributed by atoms with E-state index in [1.807, 2.05) is 13.8 Å². The van der Waals surface area contributed by atoms with E-state index in [0.717, 1.165) is 12.8 Å². The zero-order valence-corrected chi connectivity index (χ0v) is 10.6. The van der Waals surface area contributed by atoms with Gasteiger partial charge in [0.1, 0.15) is 0 Å². The zero-order chi connectivity index (χ0) is 12.4. The van der Waals surface area contributed by atoms with Gasteiger partial charge in [0.15, 0.2) is 0 Å². The van der Waals surface area contributed by atoms with Crippen LogP contribution in [0.1, 0.15) is 59.3 Å². The van der Waals surface area contributed by atoms with Crippen molar-refractivity contribution in [1.82, 2.24) is 0 Å². The molecule has 0 amide bonds. The Hall–Kier alpha value is -0.570. The highest BCUT2D eigenvalue weighted by Crippen LogP contribution is 2.48. The van der Waals surface area contributed by atoms with Gasteiger partial charge in [-0.1, -0.05) is 20.8 Å². The lowest BCUT2D eigenvalue weighted by atomic mass is 9.61. The van der Waals surface area contributed by atoms with E-state index in [-0.39, 0.29) is 0 Å². The first-order valence-electron chi connectivity index (χ1n) is 6.37. The zero-order valence-electron chi connectivity index (χ0n) is 10.6. The maximum absolute atomic E-state index is 11.5. The van der Waals surface area contributed by atoms with E-state index in [1.54, 1.807) is 0 Å². The molecule has 0 bridgehead atoms. The quantitative estimate of drug-likeness (QED) is 0.778. The molecule has 1 saturated carbocycles. The van der Waals surface area contributed by atoms with Gasteiger partial charge in [0.05, 0.1) is 11.0 Å². The topological polar surface area (TPSA) is 57.5 Å². The Morgan fingerprint density at radius 1 is 1.31 bits per heavy atom. The average molecular weight is 228 g/mol. The highest BCUT2D eigenvalue weighted by molar-refractivity contribution is 5.76. The Balaban J connectivity index is 2.97. The lowest BCUT2D eigenvalue weighted by molar-refractivity contribution is -0.178.